The lowest BCUT2D eigenvalue weighted by molar-refractivity contribution is 0.282. The average molecular weight is 307 g/mol. The zero-order valence-electron chi connectivity index (χ0n) is 12.5. The molecule has 0 radical (unpaired) electrons. The highest BCUT2D eigenvalue weighted by atomic mass is 19.1. The van der Waals surface area contributed by atoms with Gasteiger partial charge in [-0.2, -0.15) is 10.4 Å². The van der Waals surface area contributed by atoms with Crippen molar-refractivity contribution in [1.82, 2.24) is 9.78 Å². The second-order valence-electron chi connectivity index (χ2n) is 5.07. The minimum absolute atomic E-state index is 0.113. The summed E-state index contributed by atoms with van der Waals surface area (Å²) in [6.45, 7) is 2.07. The van der Waals surface area contributed by atoms with Crippen LogP contribution in [0.25, 0.3) is 5.69 Å². The van der Waals surface area contributed by atoms with Crippen LogP contribution in [0.4, 0.5) is 4.39 Å². The zero-order chi connectivity index (χ0) is 16.2. The van der Waals surface area contributed by atoms with E-state index in [2.05, 4.69) is 5.10 Å². The van der Waals surface area contributed by atoms with Crippen LogP contribution in [-0.2, 0) is 6.61 Å². The van der Waals surface area contributed by atoms with Gasteiger partial charge >= 0.3 is 0 Å². The molecule has 4 nitrogen and oxygen atoms in total. The lowest BCUT2D eigenvalue weighted by Gasteiger charge is -2.10. The molecule has 1 heterocycles. The summed E-state index contributed by atoms with van der Waals surface area (Å²) in [6, 6.07) is 17.6. The number of ether oxygens (including phenoxy) is 1. The van der Waals surface area contributed by atoms with Crippen molar-refractivity contribution in [2.75, 3.05) is 0 Å². The first kappa shape index (κ1) is 14.8. The van der Waals surface area contributed by atoms with Gasteiger partial charge in [-0.3, -0.25) is 0 Å². The molecule has 0 N–H and O–H groups in total. The number of hydrogen-bond acceptors (Lipinski definition) is 3. The molecule has 0 aliphatic rings. The molecule has 0 aliphatic heterocycles. The molecule has 5 heteroatoms. The van der Waals surface area contributed by atoms with E-state index in [4.69, 9.17) is 10.00 Å². The van der Waals surface area contributed by atoms with Gasteiger partial charge in [-0.15, -0.1) is 0 Å². The number of hydrogen-bond donors (Lipinski definition) is 0. The Bertz CT molecular complexity index is 866. The van der Waals surface area contributed by atoms with Crippen LogP contribution < -0.4 is 4.74 Å². The van der Waals surface area contributed by atoms with Crippen LogP contribution in [0.2, 0.25) is 0 Å². The molecule has 0 saturated heterocycles. The van der Waals surface area contributed by atoms with Crippen LogP contribution in [-0.4, -0.2) is 9.78 Å². The average Bonchev–Trinajstić information content (AvgIpc) is 2.95. The Morgan fingerprint density at radius 2 is 1.96 bits per heavy atom. The third-order valence-corrected chi connectivity index (χ3v) is 3.34. The molecule has 3 aromatic rings. The van der Waals surface area contributed by atoms with Gasteiger partial charge in [0.05, 0.1) is 28.7 Å². The fourth-order valence-corrected chi connectivity index (χ4v) is 2.29. The maximum atomic E-state index is 13.9. The van der Waals surface area contributed by atoms with Crippen LogP contribution in [0.5, 0.6) is 5.75 Å². The summed E-state index contributed by atoms with van der Waals surface area (Å²) in [5.74, 6) is -0.436. The first-order valence-electron chi connectivity index (χ1n) is 7.11. The van der Waals surface area contributed by atoms with Crippen molar-refractivity contribution < 1.29 is 9.13 Å². The van der Waals surface area contributed by atoms with E-state index in [1.54, 1.807) is 4.68 Å². The van der Waals surface area contributed by atoms with Crippen molar-refractivity contribution in [2.45, 2.75) is 13.5 Å². The molecule has 114 valence electrons. The Morgan fingerprint density at radius 3 is 2.65 bits per heavy atom. The van der Waals surface area contributed by atoms with Crippen LogP contribution in [0.15, 0.2) is 54.6 Å². The van der Waals surface area contributed by atoms with E-state index in [-0.39, 0.29) is 17.9 Å². The summed E-state index contributed by atoms with van der Waals surface area (Å²) >= 11 is 0. The van der Waals surface area contributed by atoms with Crippen molar-refractivity contribution >= 4 is 0 Å². The summed E-state index contributed by atoms with van der Waals surface area (Å²) in [7, 11) is 0. The molecule has 0 spiro atoms. The quantitative estimate of drug-likeness (QED) is 0.737. The highest BCUT2D eigenvalue weighted by molar-refractivity contribution is 5.36. The SMILES string of the molecule is Cc1cc(COc2ccc(C#N)cc2F)n(-c2ccccc2)n1. The number of aromatic nitrogens is 2. The minimum Gasteiger partial charge on any atom is -0.484 e. The summed E-state index contributed by atoms with van der Waals surface area (Å²) in [5.41, 5.74) is 2.85. The molecule has 0 amide bonds. The van der Waals surface area contributed by atoms with Gasteiger partial charge < -0.3 is 4.74 Å². The lowest BCUT2D eigenvalue weighted by Crippen LogP contribution is -2.06. The molecule has 0 atom stereocenters. The Balaban J connectivity index is 1.83. The standard InChI is InChI=1S/C18H14FN3O/c1-13-9-16(22(21-13)15-5-3-2-4-6-15)12-23-18-8-7-14(11-20)10-17(18)19/h2-10H,12H2,1H3. The van der Waals surface area contributed by atoms with E-state index >= 15 is 0 Å². The molecule has 23 heavy (non-hydrogen) atoms. The van der Waals surface area contributed by atoms with Gasteiger partial charge in [0.2, 0.25) is 0 Å². The highest BCUT2D eigenvalue weighted by Crippen LogP contribution is 2.20. The van der Waals surface area contributed by atoms with E-state index in [0.717, 1.165) is 23.1 Å². The van der Waals surface area contributed by atoms with Gasteiger partial charge in [0.25, 0.3) is 0 Å². The molecule has 3 rings (SSSR count). The molecular formula is C18H14FN3O. The van der Waals surface area contributed by atoms with Gasteiger partial charge in [-0.05, 0) is 43.3 Å². The number of halogens is 1. The number of nitrogens with zero attached hydrogens (tertiary/aromatic N) is 3. The maximum Gasteiger partial charge on any atom is 0.166 e. The minimum atomic E-state index is -0.549. The van der Waals surface area contributed by atoms with Crippen LogP contribution in [0.1, 0.15) is 17.0 Å². The first-order chi connectivity index (χ1) is 11.2. The highest BCUT2D eigenvalue weighted by Gasteiger charge is 2.10. The Hall–Kier alpha value is -3.13. The van der Waals surface area contributed by atoms with Gasteiger partial charge in [0.15, 0.2) is 11.6 Å². The molecule has 0 aliphatic carbocycles. The molecule has 0 fully saturated rings. The van der Waals surface area contributed by atoms with Crippen LogP contribution in [0.3, 0.4) is 0 Å². The summed E-state index contributed by atoms with van der Waals surface area (Å²) < 4.78 is 21.2. The number of nitriles is 1. The fourth-order valence-electron chi connectivity index (χ4n) is 2.29. The predicted octanol–water partition coefficient (Wildman–Crippen LogP) is 3.77. The predicted molar refractivity (Wildman–Crippen MR) is 83.7 cm³/mol. The van der Waals surface area contributed by atoms with Crippen LogP contribution >= 0.6 is 0 Å². The van der Waals surface area contributed by atoms with E-state index < -0.39 is 5.82 Å². The third kappa shape index (κ3) is 3.22. The molecule has 1 aromatic heterocycles. The number of benzene rings is 2. The van der Waals surface area contributed by atoms with Crippen molar-refractivity contribution in [1.29, 1.82) is 5.26 Å². The summed E-state index contributed by atoms with van der Waals surface area (Å²) in [6.07, 6.45) is 0. The Morgan fingerprint density at radius 1 is 1.17 bits per heavy atom. The van der Waals surface area contributed by atoms with E-state index in [0.29, 0.717) is 0 Å². The molecule has 0 unspecified atom stereocenters. The molecular weight excluding hydrogens is 293 g/mol. The van der Waals surface area contributed by atoms with E-state index in [1.807, 2.05) is 49.4 Å². The molecule has 0 bridgehead atoms. The van der Waals surface area contributed by atoms with E-state index in [1.165, 1.54) is 12.1 Å². The second kappa shape index (κ2) is 6.32. The topological polar surface area (TPSA) is 50.8 Å². The molecule has 2 aromatic carbocycles. The van der Waals surface area contributed by atoms with Crippen molar-refractivity contribution in [2.24, 2.45) is 0 Å². The zero-order valence-corrected chi connectivity index (χ0v) is 12.5. The van der Waals surface area contributed by atoms with Gasteiger partial charge in [0, 0.05) is 0 Å². The number of para-hydroxylation sites is 1. The van der Waals surface area contributed by atoms with Crippen molar-refractivity contribution in [3.05, 3.63) is 77.4 Å². The number of rotatable bonds is 4. The van der Waals surface area contributed by atoms with Crippen molar-refractivity contribution in [3.63, 3.8) is 0 Å². The lowest BCUT2D eigenvalue weighted by atomic mass is 10.2. The molecule has 0 saturated carbocycles. The van der Waals surface area contributed by atoms with Gasteiger partial charge in [0.1, 0.15) is 6.61 Å². The first-order valence-corrected chi connectivity index (χ1v) is 7.11. The summed E-state index contributed by atoms with van der Waals surface area (Å²) in [5, 5.41) is 13.2. The maximum absolute atomic E-state index is 13.9. The Kier molecular flexibility index (Phi) is 4.07. The van der Waals surface area contributed by atoms with E-state index in [9.17, 15) is 4.39 Å². The second-order valence-corrected chi connectivity index (χ2v) is 5.07. The van der Waals surface area contributed by atoms with Gasteiger partial charge in [-0.25, -0.2) is 9.07 Å². The summed E-state index contributed by atoms with van der Waals surface area (Å²) in [4.78, 5) is 0. The third-order valence-electron chi connectivity index (χ3n) is 3.34. The smallest absolute Gasteiger partial charge is 0.166 e. The normalized spacial score (nSPS) is 10.3. The monoisotopic (exact) mass is 307 g/mol. The van der Waals surface area contributed by atoms with Crippen LogP contribution in [0, 0.1) is 24.1 Å². The fraction of sp³-hybridized carbons (Fsp3) is 0.111. The van der Waals surface area contributed by atoms with Crippen molar-refractivity contribution in [3.8, 4) is 17.5 Å². The van der Waals surface area contributed by atoms with Gasteiger partial charge in [-0.1, -0.05) is 18.2 Å². The number of aryl methyl sites for hydroxylation is 1. The Labute approximate surface area is 133 Å². The largest absolute Gasteiger partial charge is 0.484 e.